The molecule has 3 rings (SSSR count). The zero-order valence-electron chi connectivity index (χ0n) is 15.5. The van der Waals surface area contributed by atoms with Gasteiger partial charge in [-0.05, 0) is 36.2 Å². The van der Waals surface area contributed by atoms with Gasteiger partial charge in [-0.15, -0.1) is 0 Å². The number of carbonyl (C=O) groups excluding carboxylic acids is 1. The third-order valence-corrected chi connectivity index (χ3v) is 4.92. The second-order valence-corrected chi connectivity index (χ2v) is 7.29. The normalized spacial score (nSPS) is 11.8. The van der Waals surface area contributed by atoms with Crippen LogP contribution in [0.3, 0.4) is 0 Å². The van der Waals surface area contributed by atoms with E-state index in [4.69, 9.17) is 9.47 Å². The van der Waals surface area contributed by atoms with Crippen LogP contribution < -0.4 is 9.61 Å². The minimum Gasteiger partial charge on any atom is -0.494 e. The maximum atomic E-state index is 11.4. The number of carbonyl (C=O) groups is 1. The number of pyridine rings is 1. The van der Waals surface area contributed by atoms with Crippen LogP contribution in [0.2, 0.25) is 0 Å². The molecule has 2 aromatic heterocycles. The van der Waals surface area contributed by atoms with E-state index in [9.17, 15) is 14.7 Å². The highest BCUT2D eigenvalue weighted by Crippen LogP contribution is 2.24. The minimum absolute atomic E-state index is 0.0923. The Morgan fingerprint density at radius 2 is 2.04 bits per heavy atom. The molecule has 0 fully saturated rings. The molecular formula is C20H20N2O5S. The van der Waals surface area contributed by atoms with Crippen molar-refractivity contribution in [1.29, 1.82) is 0 Å². The Bertz CT molecular complexity index is 1010. The molecule has 0 aliphatic heterocycles. The molecule has 2 N–H and O–H groups in total. The van der Waals surface area contributed by atoms with Crippen LogP contribution >= 0.6 is 11.3 Å². The number of hydrogen-bond acceptors (Lipinski definition) is 7. The Labute approximate surface area is 165 Å². The number of benzene rings is 1. The van der Waals surface area contributed by atoms with Crippen LogP contribution in [0.5, 0.6) is 11.6 Å². The Morgan fingerprint density at radius 1 is 1.29 bits per heavy atom. The summed E-state index contributed by atoms with van der Waals surface area (Å²) in [6.45, 7) is 3.39. The molecule has 1 unspecified atom stereocenters. The van der Waals surface area contributed by atoms with Gasteiger partial charge in [-0.1, -0.05) is 29.5 Å². The van der Waals surface area contributed by atoms with Gasteiger partial charge in [0.1, 0.15) is 12.4 Å². The average molecular weight is 400 g/mol. The highest BCUT2D eigenvalue weighted by atomic mass is 32.1. The molecule has 0 amide bonds. The maximum absolute atomic E-state index is 11.4. The fraction of sp³-hybridized carbons (Fsp3) is 0.250. The second kappa shape index (κ2) is 8.71. The fourth-order valence-electron chi connectivity index (χ4n) is 2.74. The summed E-state index contributed by atoms with van der Waals surface area (Å²) < 4.78 is 11.2. The number of H-pyrrole nitrogens is 1. The average Bonchev–Trinajstić information content (AvgIpc) is 2.97. The van der Waals surface area contributed by atoms with Crippen molar-refractivity contribution in [3.8, 4) is 11.6 Å². The van der Waals surface area contributed by atoms with Crippen LogP contribution in [0.15, 0.2) is 47.4 Å². The van der Waals surface area contributed by atoms with Crippen LogP contribution in [0, 0.1) is 6.92 Å². The molecule has 3 aromatic rings. The smallest absolute Gasteiger partial charge is 0.307 e. The van der Waals surface area contributed by atoms with Gasteiger partial charge in [0.25, 0.3) is 0 Å². The van der Waals surface area contributed by atoms with E-state index in [1.165, 1.54) is 6.92 Å². The molecule has 7 nitrogen and oxygen atoms in total. The number of hydrogen-bond donors (Lipinski definition) is 2. The molecule has 0 saturated carbocycles. The molecule has 1 atom stereocenters. The van der Waals surface area contributed by atoms with Gasteiger partial charge in [0.05, 0.1) is 10.6 Å². The molecule has 28 heavy (non-hydrogen) atoms. The van der Waals surface area contributed by atoms with Crippen LogP contribution in [-0.4, -0.2) is 27.7 Å². The number of aromatic hydroxyl groups is 1. The number of aromatic amines is 1. The van der Waals surface area contributed by atoms with Crippen molar-refractivity contribution in [3.05, 3.63) is 74.0 Å². The second-order valence-electron chi connectivity index (χ2n) is 6.22. The Hall–Kier alpha value is -3.13. The van der Waals surface area contributed by atoms with Crippen molar-refractivity contribution in [3.63, 3.8) is 0 Å². The van der Waals surface area contributed by atoms with Crippen molar-refractivity contribution < 1.29 is 19.4 Å². The van der Waals surface area contributed by atoms with Gasteiger partial charge >= 0.3 is 10.8 Å². The molecule has 0 radical (unpaired) electrons. The summed E-state index contributed by atoms with van der Waals surface area (Å²) >= 11 is 0.984. The minimum atomic E-state index is -0.604. The molecule has 8 heteroatoms. The van der Waals surface area contributed by atoms with Gasteiger partial charge in [-0.2, -0.15) is 0 Å². The predicted molar refractivity (Wildman–Crippen MR) is 105 cm³/mol. The standard InChI is InChI=1S/C20H20N2O5S/c1-12-4-3-9-21-18(12)16(27-13(2)23)11-26-15-7-5-14(6-8-15)10-17-19(24)22-20(25)28-17/h3-9,16,24H,10-11H2,1-2H3,(H,22,25). The Morgan fingerprint density at radius 3 is 2.64 bits per heavy atom. The summed E-state index contributed by atoms with van der Waals surface area (Å²) in [4.78, 5) is 29.7. The number of aryl methyl sites for hydroxylation is 1. The number of rotatable bonds is 7. The van der Waals surface area contributed by atoms with Gasteiger partial charge in [-0.25, -0.2) is 0 Å². The van der Waals surface area contributed by atoms with Gasteiger partial charge in [0.15, 0.2) is 6.10 Å². The molecule has 146 valence electrons. The molecule has 0 bridgehead atoms. The highest BCUT2D eigenvalue weighted by molar-refractivity contribution is 7.09. The zero-order valence-corrected chi connectivity index (χ0v) is 16.3. The fourth-order valence-corrected chi connectivity index (χ4v) is 3.49. The van der Waals surface area contributed by atoms with E-state index in [0.717, 1.165) is 22.5 Å². The third kappa shape index (κ3) is 4.98. The van der Waals surface area contributed by atoms with E-state index >= 15 is 0 Å². The lowest BCUT2D eigenvalue weighted by molar-refractivity contribution is -0.148. The molecule has 1 aromatic carbocycles. The molecular weight excluding hydrogens is 380 g/mol. The number of ether oxygens (including phenoxy) is 2. The first kappa shape index (κ1) is 19.6. The number of nitrogens with zero attached hydrogens (tertiary/aromatic N) is 1. The van der Waals surface area contributed by atoms with Gasteiger partial charge in [0, 0.05) is 19.5 Å². The van der Waals surface area contributed by atoms with E-state index in [1.807, 2.05) is 31.2 Å². The topological polar surface area (TPSA) is 102 Å². The lowest BCUT2D eigenvalue weighted by Crippen LogP contribution is -2.18. The SMILES string of the molecule is CC(=O)OC(COc1ccc(Cc2sc(=O)[nH]c2O)cc1)c1ncccc1C. The summed E-state index contributed by atoms with van der Waals surface area (Å²) in [6, 6.07) is 11.0. The first-order valence-electron chi connectivity index (χ1n) is 8.64. The van der Waals surface area contributed by atoms with Crippen molar-refractivity contribution >= 4 is 17.3 Å². The van der Waals surface area contributed by atoms with E-state index in [1.54, 1.807) is 18.3 Å². The van der Waals surface area contributed by atoms with Gasteiger partial charge in [0.2, 0.25) is 5.88 Å². The number of nitrogens with one attached hydrogen (secondary N) is 1. The van der Waals surface area contributed by atoms with E-state index in [2.05, 4.69) is 9.97 Å². The first-order valence-corrected chi connectivity index (χ1v) is 9.45. The summed E-state index contributed by atoms with van der Waals surface area (Å²) in [7, 11) is 0. The Balaban J connectivity index is 1.67. The number of esters is 1. The monoisotopic (exact) mass is 400 g/mol. The molecule has 0 aliphatic rings. The molecule has 0 spiro atoms. The van der Waals surface area contributed by atoms with E-state index < -0.39 is 12.1 Å². The Kier molecular flexibility index (Phi) is 6.10. The summed E-state index contributed by atoms with van der Waals surface area (Å²) in [5.41, 5.74) is 2.50. The first-order chi connectivity index (χ1) is 13.4. The van der Waals surface area contributed by atoms with Crippen molar-refractivity contribution in [1.82, 2.24) is 9.97 Å². The largest absolute Gasteiger partial charge is 0.494 e. The molecule has 0 aliphatic carbocycles. The number of thiazole rings is 1. The summed E-state index contributed by atoms with van der Waals surface area (Å²) in [5, 5.41) is 9.68. The quantitative estimate of drug-likeness (QED) is 0.591. The van der Waals surface area contributed by atoms with E-state index in [-0.39, 0.29) is 17.4 Å². The van der Waals surface area contributed by atoms with E-state index in [0.29, 0.717) is 22.7 Å². The summed E-state index contributed by atoms with van der Waals surface area (Å²) in [5.74, 6) is 0.116. The highest BCUT2D eigenvalue weighted by Gasteiger charge is 2.19. The third-order valence-electron chi connectivity index (χ3n) is 4.05. The van der Waals surface area contributed by atoms with Crippen molar-refractivity contribution in [2.24, 2.45) is 0 Å². The van der Waals surface area contributed by atoms with Gasteiger partial charge in [-0.3, -0.25) is 19.6 Å². The van der Waals surface area contributed by atoms with Crippen molar-refractivity contribution in [2.45, 2.75) is 26.4 Å². The zero-order chi connectivity index (χ0) is 20.1. The molecule has 2 heterocycles. The van der Waals surface area contributed by atoms with Gasteiger partial charge < -0.3 is 14.6 Å². The van der Waals surface area contributed by atoms with Crippen LogP contribution in [0.25, 0.3) is 0 Å². The maximum Gasteiger partial charge on any atom is 0.307 e. The molecule has 0 saturated heterocycles. The van der Waals surface area contributed by atoms with Crippen LogP contribution in [0.1, 0.15) is 34.7 Å². The van der Waals surface area contributed by atoms with Crippen LogP contribution in [0.4, 0.5) is 0 Å². The summed E-state index contributed by atoms with van der Waals surface area (Å²) in [6.07, 6.45) is 1.49. The number of aromatic nitrogens is 2. The predicted octanol–water partition coefficient (Wildman–Crippen LogP) is 3.12. The van der Waals surface area contributed by atoms with Crippen molar-refractivity contribution in [2.75, 3.05) is 6.61 Å². The lowest BCUT2D eigenvalue weighted by Gasteiger charge is -2.19. The van der Waals surface area contributed by atoms with Crippen LogP contribution in [-0.2, 0) is 16.0 Å². The lowest BCUT2D eigenvalue weighted by atomic mass is 10.1.